The monoisotopic (exact) mass is 445 g/mol. The van der Waals surface area contributed by atoms with E-state index in [4.69, 9.17) is 0 Å². The first-order chi connectivity index (χ1) is 14.9. The summed E-state index contributed by atoms with van der Waals surface area (Å²) < 4.78 is 27.2. The molecule has 2 saturated heterocycles. The van der Waals surface area contributed by atoms with Crippen molar-refractivity contribution in [3.63, 3.8) is 0 Å². The molecule has 31 heavy (non-hydrogen) atoms. The van der Waals surface area contributed by atoms with E-state index in [9.17, 15) is 18.0 Å². The Hall–Kier alpha value is -1.93. The first-order valence-electron chi connectivity index (χ1n) is 11.6. The quantitative estimate of drug-likeness (QED) is 0.696. The van der Waals surface area contributed by atoms with Gasteiger partial charge in [0.1, 0.15) is 0 Å². The van der Waals surface area contributed by atoms with Crippen molar-refractivity contribution in [1.82, 2.24) is 14.5 Å². The lowest BCUT2D eigenvalue weighted by Crippen LogP contribution is -2.57. The Balaban J connectivity index is 1.14. The largest absolute Gasteiger partial charge is 0.342 e. The summed E-state index contributed by atoms with van der Waals surface area (Å²) in [5.41, 5.74) is 0.969. The number of benzene rings is 1. The summed E-state index contributed by atoms with van der Waals surface area (Å²) in [6, 6.07) is 7.72. The molecule has 2 aliphatic carbocycles. The van der Waals surface area contributed by atoms with E-state index in [1.165, 1.54) is 0 Å². The van der Waals surface area contributed by atoms with E-state index < -0.39 is 10.0 Å². The van der Waals surface area contributed by atoms with Gasteiger partial charge in [0.05, 0.1) is 4.90 Å². The second-order valence-electron chi connectivity index (χ2n) is 9.57. The van der Waals surface area contributed by atoms with Gasteiger partial charge in [-0.25, -0.2) is 13.1 Å². The van der Waals surface area contributed by atoms with Crippen LogP contribution >= 0.6 is 0 Å². The van der Waals surface area contributed by atoms with Crippen LogP contribution in [0.3, 0.4) is 0 Å². The number of nitrogens with one attached hydrogen (secondary N) is 1. The van der Waals surface area contributed by atoms with Crippen LogP contribution in [0.2, 0.25) is 0 Å². The van der Waals surface area contributed by atoms with Gasteiger partial charge in [-0.05, 0) is 68.6 Å². The van der Waals surface area contributed by atoms with Gasteiger partial charge in [0.15, 0.2) is 0 Å². The molecule has 4 fully saturated rings. The van der Waals surface area contributed by atoms with Gasteiger partial charge < -0.3 is 9.80 Å². The minimum absolute atomic E-state index is 0.0880. The number of likely N-dealkylation sites (tertiary alicyclic amines) is 2. The normalized spacial score (nSPS) is 26.6. The third kappa shape index (κ3) is 4.65. The Labute approximate surface area is 184 Å². The molecule has 0 bridgehead atoms. The molecule has 2 heterocycles. The third-order valence-electron chi connectivity index (χ3n) is 7.12. The lowest BCUT2D eigenvalue weighted by Gasteiger charge is -2.47. The average molecular weight is 446 g/mol. The molecule has 2 saturated carbocycles. The summed E-state index contributed by atoms with van der Waals surface area (Å²) in [6.45, 7) is 1.48. The summed E-state index contributed by atoms with van der Waals surface area (Å²) in [4.78, 5) is 29.6. The fourth-order valence-corrected chi connectivity index (χ4v) is 6.38. The Morgan fingerprint density at radius 2 is 1.77 bits per heavy atom. The zero-order valence-corrected chi connectivity index (χ0v) is 18.6. The van der Waals surface area contributed by atoms with Gasteiger partial charge in [-0.2, -0.15) is 0 Å². The Bertz CT molecular complexity index is 954. The molecule has 5 rings (SSSR count). The van der Waals surface area contributed by atoms with Crippen LogP contribution in [0.25, 0.3) is 0 Å². The molecule has 2 aliphatic heterocycles. The minimum Gasteiger partial charge on any atom is -0.342 e. The minimum atomic E-state index is -3.44. The highest BCUT2D eigenvalue weighted by Crippen LogP contribution is 2.39. The van der Waals surface area contributed by atoms with E-state index in [-0.39, 0.29) is 16.8 Å². The zero-order chi connectivity index (χ0) is 21.6. The van der Waals surface area contributed by atoms with Gasteiger partial charge in [0.25, 0.3) is 0 Å². The molecular formula is C23H31N3O4S. The molecule has 2 atom stereocenters. The number of amides is 2. The fourth-order valence-electron chi connectivity index (χ4n) is 5.08. The number of rotatable bonds is 7. The van der Waals surface area contributed by atoms with E-state index in [0.29, 0.717) is 43.2 Å². The van der Waals surface area contributed by atoms with Crippen molar-refractivity contribution in [2.75, 3.05) is 13.1 Å². The molecule has 2 amide bonds. The number of nitrogens with zero attached hydrogens (tertiary/aromatic N) is 2. The average Bonchev–Trinajstić information content (AvgIpc) is 3.68. The molecular weight excluding hydrogens is 414 g/mol. The van der Waals surface area contributed by atoms with Crippen molar-refractivity contribution in [1.29, 1.82) is 0 Å². The first-order valence-corrected chi connectivity index (χ1v) is 13.1. The Morgan fingerprint density at radius 1 is 1.03 bits per heavy atom. The summed E-state index contributed by atoms with van der Waals surface area (Å²) in [5, 5.41) is 0. The molecule has 7 nitrogen and oxygen atoms in total. The highest BCUT2D eigenvalue weighted by molar-refractivity contribution is 7.89. The van der Waals surface area contributed by atoms with Crippen molar-refractivity contribution < 1.29 is 18.0 Å². The third-order valence-corrected chi connectivity index (χ3v) is 8.66. The number of carbonyl (C=O) groups is 2. The van der Waals surface area contributed by atoms with Crippen LogP contribution in [-0.4, -0.2) is 61.2 Å². The van der Waals surface area contributed by atoms with Crippen LogP contribution in [0.5, 0.6) is 0 Å². The van der Waals surface area contributed by atoms with Gasteiger partial charge in [0.2, 0.25) is 21.8 Å². The Kier molecular flexibility index (Phi) is 5.54. The van der Waals surface area contributed by atoms with Crippen molar-refractivity contribution in [3.05, 3.63) is 29.8 Å². The number of fused-ring (bicyclic) bond motifs is 1. The number of aryl methyl sites for hydroxylation is 1. The van der Waals surface area contributed by atoms with E-state index in [1.807, 2.05) is 4.90 Å². The topological polar surface area (TPSA) is 86.8 Å². The molecule has 1 aromatic carbocycles. The smallest absolute Gasteiger partial charge is 0.240 e. The van der Waals surface area contributed by atoms with Crippen LogP contribution in [0, 0.1) is 5.92 Å². The molecule has 0 spiro atoms. The number of piperidine rings is 2. The van der Waals surface area contributed by atoms with E-state index >= 15 is 0 Å². The standard InChI is InChI=1S/C23H31N3O4S/c27-22(11-3-16-1-9-20(10-2-16)31(29,30)24-18-5-6-18)25-14-13-21-17(15-25)4-12-23(28)26(21)19-7-8-19/h1-2,9-10,17-19,21,24H,3-8,11-15H2. The SMILES string of the molecule is O=C(CCc1ccc(S(=O)(=O)NC2CC2)cc1)N1CCC2C(CCC(=O)N2C2CC2)C1. The second-order valence-corrected chi connectivity index (χ2v) is 11.3. The molecule has 4 aliphatic rings. The van der Waals surface area contributed by atoms with Gasteiger partial charge in [-0.1, -0.05) is 12.1 Å². The predicted octanol–water partition coefficient (Wildman–Crippen LogP) is 2.06. The summed E-state index contributed by atoms with van der Waals surface area (Å²) in [5.74, 6) is 0.862. The number of hydrogen-bond acceptors (Lipinski definition) is 4. The van der Waals surface area contributed by atoms with Gasteiger partial charge in [0, 0.05) is 44.1 Å². The number of carbonyl (C=O) groups excluding carboxylic acids is 2. The second kappa shape index (κ2) is 8.20. The van der Waals surface area contributed by atoms with Gasteiger partial charge >= 0.3 is 0 Å². The van der Waals surface area contributed by atoms with E-state index in [2.05, 4.69) is 9.62 Å². The van der Waals surface area contributed by atoms with Crippen molar-refractivity contribution in [2.24, 2.45) is 5.92 Å². The van der Waals surface area contributed by atoms with Crippen LogP contribution in [-0.2, 0) is 26.0 Å². The van der Waals surface area contributed by atoms with E-state index in [1.54, 1.807) is 24.3 Å². The maximum atomic E-state index is 12.8. The fraction of sp³-hybridized carbons (Fsp3) is 0.652. The molecule has 1 N–H and O–H groups in total. The summed E-state index contributed by atoms with van der Waals surface area (Å²) in [7, 11) is -3.44. The Morgan fingerprint density at radius 3 is 2.45 bits per heavy atom. The van der Waals surface area contributed by atoms with Crippen LogP contribution < -0.4 is 4.72 Å². The zero-order valence-electron chi connectivity index (χ0n) is 17.8. The predicted molar refractivity (Wildman–Crippen MR) is 116 cm³/mol. The molecule has 0 radical (unpaired) electrons. The molecule has 2 unspecified atom stereocenters. The highest BCUT2D eigenvalue weighted by Gasteiger charge is 2.45. The van der Waals surface area contributed by atoms with Crippen LogP contribution in [0.4, 0.5) is 0 Å². The van der Waals surface area contributed by atoms with E-state index in [0.717, 1.165) is 57.2 Å². The summed E-state index contributed by atoms with van der Waals surface area (Å²) >= 11 is 0. The maximum Gasteiger partial charge on any atom is 0.240 e. The molecule has 1 aromatic rings. The molecule has 168 valence electrons. The number of hydrogen-bond donors (Lipinski definition) is 1. The van der Waals surface area contributed by atoms with Crippen molar-refractivity contribution in [3.8, 4) is 0 Å². The van der Waals surface area contributed by atoms with Crippen molar-refractivity contribution >= 4 is 21.8 Å². The molecule has 0 aromatic heterocycles. The highest BCUT2D eigenvalue weighted by atomic mass is 32.2. The van der Waals surface area contributed by atoms with Crippen LogP contribution in [0.15, 0.2) is 29.2 Å². The first kappa shape index (κ1) is 20.9. The van der Waals surface area contributed by atoms with Crippen molar-refractivity contribution in [2.45, 2.75) is 80.8 Å². The summed E-state index contributed by atoms with van der Waals surface area (Å²) in [6.07, 6.45) is 7.51. The lowest BCUT2D eigenvalue weighted by atomic mass is 9.83. The van der Waals surface area contributed by atoms with Gasteiger partial charge in [-0.3, -0.25) is 9.59 Å². The lowest BCUT2D eigenvalue weighted by molar-refractivity contribution is -0.144. The molecule has 8 heteroatoms. The van der Waals surface area contributed by atoms with Crippen LogP contribution in [0.1, 0.15) is 56.9 Å². The van der Waals surface area contributed by atoms with Gasteiger partial charge in [-0.15, -0.1) is 0 Å². The number of sulfonamides is 1. The maximum absolute atomic E-state index is 12.8.